The third-order valence-corrected chi connectivity index (χ3v) is 8.50. The van der Waals surface area contributed by atoms with Crippen LogP contribution in [0.5, 0.6) is 5.75 Å². The van der Waals surface area contributed by atoms with Crippen molar-refractivity contribution in [2.45, 2.75) is 50.8 Å². The molecular weight excluding hydrogens is 610 g/mol. The molecule has 4 aromatic rings. The SMILES string of the molecule is O=C(c1cc(NCc2ccc(C(F)(F)F)cc2)nc2ccc(-c3cccc(OC(F)(F)F)c3)cc12)N1CCC[C@H]1CN1CCCC1. The van der Waals surface area contributed by atoms with E-state index in [1.807, 2.05) is 4.90 Å². The number of hydrogen-bond acceptors (Lipinski definition) is 5. The quantitative estimate of drug-likeness (QED) is 0.197. The van der Waals surface area contributed by atoms with E-state index >= 15 is 0 Å². The van der Waals surface area contributed by atoms with Crippen LogP contribution in [0.1, 0.15) is 47.2 Å². The minimum Gasteiger partial charge on any atom is -0.406 e. The molecule has 0 unspecified atom stereocenters. The molecule has 12 heteroatoms. The van der Waals surface area contributed by atoms with E-state index in [0.29, 0.717) is 45.5 Å². The predicted molar refractivity (Wildman–Crippen MR) is 162 cm³/mol. The maximum Gasteiger partial charge on any atom is 0.573 e. The molecule has 1 atom stereocenters. The van der Waals surface area contributed by atoms with Crippen LogP contribution < -0.4 is 10.1 Å². The molecule has 2 aliphatic rings. The molecule has 46 heavy (non-hydrogen) atoms. The number of carbonyl (C=O) groups is 1. The van der Waals surface area contributed by atoms with Crippen LogP contribution in [0.3, 0.4) is 0 Å². The van der Waals surface area contributed by atoms with Gasteiger partial charge in [-0.2, -0.15) is 13.2 Å². The van der Waals surface area contributed by atoms with Crippen molar-refractivity contribution in [3.63, 3.8) is 0 Å². The summed E-state index contributed by atoms with van der Waals surface area (Å²) in [6.07, 6.45) is -5.22. The molecule has 1 amide bonds. The molecule has 6 nitrogen and oxygen atoms in total. The Balaban J connectivity index is 1.34. The van der Waals surface area contributed by atoms with Crippen LogP contribution in [0.2, 0.25) is 0 Å². The Hall–Kier alpha value is -4.32. The molecule has 3 heterocycles. The van der Waals surface area contributed by atoms with Crippen LogP contribution in [0, 0.1) is 0 Å². The van der Waals surface area contributed by atoms with Crippen molar-refractivity contribution in [2.75, 3.05) is 31.5 Å². The summed E-state index contributed by atoms with van der Waals surface area (Å²) in [4.78, 5) is 23.2. The molecular formula is C34H32F6N4O2. The summed E-state index contributed by atoms with van der Waals surface area (Å²) in [6.45, 7) is 3.59. The summed E-state index contributed by atoms with van der Waals surface area (Å²) >= 11 is 0. The van der Waals surface area contributed by atoms with Gasteiger partial charge in [-0.15, -0.1) is 13.2 Å². The highest BCUT2D eigenvalue weighted by atomic mass is 19.4. The Kier molecular flexibility index (Phi) is 8.82. The van der Waals surface area contributed by atoms with Gasteiger partial charge in [-0.25, -0.2) is 4.98 Å². The number of likely N-dealkylation sites (tertiary alicyclic amines) is 2. The van der Waals surface area contributed by atoms with Gasteiger partial charge in [-0.05, 0) is 97.9 Å². The molecule has 2 aliphatic heterocycles. The fourth-order valence-corrected chi connectivity index (χ4v) is 6.26. The highest BCUT2D eigenvalue weighted by Crippen LogP contribution is 2.33. The number of amides is 1. The van der Waals surface area contributed by atoms with Crippen molar-refractivity contribution in [3.05, 3.63) is 89.5 Å². The number of fused-ring (bicyclic) bond motifs is 1. The first-order valence-electron chi connectivity index (χ1n) is 15.2. The largest absolute Gasteiger partial charge is 0.573 e. The van der Waals surface area contributed by atoms with E-state index in [-0.39, 0.29) is 24.2 Å². The molecule has 6 rings (SSSR count). The Morgan fingerprint density at radius 1 is 0.870 bits per heavy atom. The fourth-order valence-electron chi connectivity index (χ4n) is 6.26. The molecule has 242 valence electrons. The molecule has 0 saturated carbocycles. The van der Waals surface area contributed by atoms with E-state index < -0.39 is 18.1 Å². The topological polar surface area (TPSA) is 57.7 Å². The molecule has 0 bridgehead atoms. The molecule has 2 fully saturated rings. The van der Waals surface area contributed by atoms with E-state index in [0.717, 1.165) is 57.5 Å². The Labute approximate surface area is 262 Å². The number of rotatable bonds is 8. The van der Waals surface area contributed by atoms with Crippen molar-refractivity contribution >= 4 is 22.6 Å². The minimum absolute atomic E-state index is 0.0525. The number of benzene rings is 3. The second-order valence-electron chi connectivity index (χ2n) is 11.7. The third kappa shape index (κ3) is 7.38. The van der Waals surface area contributed by atoms with Crippen LogP contribution in [-0.4, -0.2) is 59.3 Å². The normalized spacial score (nSPS) is 17.5. The highest BCUT2D eigenvalue weighted by molar-refractivity contribution is 6.08. The van der Waals surface area contributed by atoms with Crippen LogP contribution in [0.25, 0.3) is 22.0 Å². The van der Waals surface area contributed by atoms with Crippen molar-refractivity contribution < 1.29 is 35.9 Å². The van der Waals surface area contributed by atoms with E-state index in [1.165, 1.54) is 30.3 Å². The smallest absolute Gasteiger partial charge is 0.406 e. The second kappa shape index (κ2) is 12.8. The standard InChI is InChI=1S/C34H32F6N4O2/c35-33(36,37)25-11-8-22(9-12-25)20-41-31-19-29(32(45)44-16-4-6-26(44)21-43-14-1-2-15-43)28-18-24(10-13-30(28)42-31)23-5-3-7-27(17-23)46-34(38,39)40/h3,5,7-13,17-19,26H,1-2,4,6,14-16,20-21H2,(H,41,42)/t26-/m0/s1. The average Bonchev–Trinajstić information content (AvgIpc) is 3.71. The van der Waals surface area contributed by atoms with E-state index in [9.17, 15) is 31.1 Å². The lowest BCUT2D eigenvalue weighted by Crippen LogP contribution is -2.42. The monoisotopic (exact) mass is 642 g/mol. The predicted octanol–water partition coefficient (Wildman–Crippen LogP) is 8.13. The van der Waals surface area contributed by atoms with Gasteiger partial charge in [-0.3, -0.25) is 4.79 Å². The van der Waals surface area contributed by atoms with Crippen LogP contribution in [0.15, 0.2) is 72.8 Å². The zero-order valence-corrected chi connectivity index (χ0v) is 24.8. The summed E-state index contributed by atoms with van der Waals surface area (Å²) < 4.78 is 81.8. The molecule has 0 spiro atoms. The minimum atomic E-state index is -4.84. The summed E-state index contributed by atoms with van der Waals surface area (Å²) in [5.74, 6) is -0.151. The zero-order valence-electron chi connectivity index (χ0n) is 24.8. The Bertz CT molecular complexity index is 1700. The van der Waals surface area contributed by atoms with Gasteiger partial charge in [0.15, 0.2) is 0 Å². The lowest BCUT2D eigenvalue weighted by atomic mass is 9.99. The molecule has 0 aliphatic carbocycles. The summed E-state index contributed by atoms with van der Waals surface area (Å²) in [5, 5.41) is 3.69. The summed E-state index contributed by atoms with van der Waals surface area (Å²) in [7, 11) is 0. The van der Waals surface area contributed by atoms with Crippen molar-refractivity contribution in [1.29, 1.82) is 0 Å². The molecule has 0 radical (unpaired) electrons. The number of nitrogens with zero attached hydrogens (tertiary/aromatic N) is 3. The lowest BCUT2D eigenvalue weighted by molar-refractivity contribution is -0.274. The number of aromatic nitrogens is 1. The number of alkyl halides is 6. The van der Waals surface area contributed by atoms with Crippen molar-refractivity contribution in [1.82, 2.24) is 14.8 Å². The van der Waals surface area contributed by atoms with Crippen LogP contribution in [-0.2, 0) is 12.7 Å². The molecule has 1 aromatic heterocycles. The van der Waals surface area contributed by atoms with Crippen LogP contribution in [0.4, 0.5) is 32.2 Å². The van der Waals surface area contributed by atoms with Gasteiger partial charge in [0.05, 0.1) is 16.6 Å². The maximum absolute atomic E-state index is 14.3. The molecule has 1 N–H and O–H groups in total. The van der Waals surface area contributed by atoms with Gasteiger partial charge >= 0.3 is 12.5 Å². The number of hydrogen-bond donors (Lipinski definition) is 1. The van der Waals surface area contributed by atoms with Crippen LogP contribution >= 0.6 is 0 Å². The highest BCUT2D eigenvalue weighted by Gasteiger charge is 2.33. The van der Waals surface area contributed by atoms with Gasteiger partial charge in [-0.1, -0.05) is 30.3 Å². The van der Waals surface area contributed by atoms with E-state index in [4.69, 9.17) is 0 Å². The maximum atomic E-state index is 14.3. The first-order chi connectivity index (χ1) is 21.9. The number of nitrogens with one attached hydrogen (secondary N) is 1. The van der Waals surface area contributed by atoms with Crippen molar-refractivity contribution in [3.8, 4) is 16.9 Å². The Morgan fingerprint density at radius 2 is 1.61 bits per heavy atom. The van der Waals surface area contributed by atoms with Gasteiger partial charge < -0.3 is 19.9 Å². The van der Waals surface area contributed by atoms with Crippen molar-refractivity contribution in [2.24, 2.45) is 0 Å². The molecule has 3 aromatic carbocycles. The first kappa shape index (κ1) is 31.7. The number of ether oxygens (including phenoxy) is 1. The Morgan fingerprint density at radius 3 is 2.33 bits per heavy atom. The number of halogens is 6. The summed E-state index contributed by atoms with van der Waals surface area (Å²) in [6, 6.07) is 17.3. The molecule has 2 saturated heterocycles. The number of carbonyl (C=O) groups excluding carboxylic acids is 1. The number of pyridine rings is 1. The fraction of sp³-hybridized carbons (Fsp3) is 0.353. The van der Waals surface area contributed by atoms with Gasteiger partial charge in [0.2, 0.25) is 0 Å². The van der Waals surface area contributed by atoms with Gasteiger partial charge in [0.25, 0.3) is 5.91 Å². The average molecular weight is 643 g/mol. The van der Waals surface area contributed by atoms with Gasteiger partial charge in [0, 0.05) is 31.1 Å². The third-order valence-electron chi connectivity index (χ3n) is 8.50. The van der Waals surface area contributed by atoms with Gasteiger partial charge in [0.1, 0.15) is 11.6 Å². The number of anilines is 1. The first-order valence-corrected chi connectivity index (χ1v) is 15.2. The lowest BCUT2D eigenvalue weighted by Gasteiger charge is -2.29. The second-order valence-corrected chi connectivity index (χ2v) is 11.7. The summed E-state index contributed by atoms with van der Waals surface area (Å²) in [5.41, 5.74) is 1.79. The van der Waals surface area contributed by atoms with E-state index in [2.05, 4.69) is 19.9 Å². The zero-order chi connectivity index (χ0) is 32.5. The van der Waals surface area contributed by atoms with E-state index in [1.54, 1.807) is 30.3 Å².